The Morgan fingerprint density at radius 1 is 1.50 bits per heavy atom. The van der Waals surface area contributed by atoms with Gasteiger partial charge in [-0.05, 0) is 26.7 Å². The largest absolute Gasteiger partial charge is 0.480 e. The minimum Gasteiger partial charge on any atom is -0.480 e. The van der Waals surface area contributed by atoms with Crippen molar-refractivity contribution >= 4 is 5.97 Å². The van der Waals surface area contributed by atoms with Crippen LogP contribution in [0, 0.1) is 0 Å². The number of carbonyl (C=O) groups is 1. The van der Waals surface area contributed by atoms with Crippen molar-refractivity contribution in [2.45, 2.75) is 63.8 Å². The van der Waals surface area contributed by atoms with Gasteiger partial charge >= 0.3 is 5.97 Å². The Balaban J connectivity index is 3.82. The summed E-state index contributed by atoms with van der Waals surface area (Å²) < 4.78 is 26.2. The normalized spacial score (nSPS) is 18.8. The van der Waals surface area contributed by atoms with Gasteiger partial charge in [0.15, 0.2) is 0 Å². The van der Waals surface area contributed by atoms with Gasteiger partial charge in [0.25, 0.3) is 0 Å². The maximum absolute atomic E-state index is 13.8. The van der Waals surface area contributed by atoms with Crippen molar-refractivity contribution < 1.29 is 18.7 Å². The fourth-order valence-corrected chi connectivity index (χ4v) is 1.57. The van der Waals surface area contributed by atoms with Gasteiger partial charge in [-0.3, -0.25) is 4.79 Å². The molecule has 16 heavy (non-hydrogen) atoms. The number of carboxylic acids is 1. The summed E-state index contributed by atoms with van der Waals surface area (Å²) in [6.45, 7) is 2.81. The Labute approximate surface area is 95.0 Å². The van der Waals surface area contributed by atoms with Crippen molar-refractivity contribution in [3.8, 4) is 0 Å². The number of rotatable bonds is 8. The molecule has 0 rings (SSSR count). The van der Waals surface area contributed by atoms with Gasteiger partial charge in [0.05, 0.1) is 6.17 Å². The van der Waals surface area contributed by atoms with E-state index in [1.807, 2.05) is 0 Å². The predicted molar refractivity (Wildman–Crippen MR) is 58.8 cm³/mol. The summed E-state index contributed by atoms with van der Waals surface area (Å²) >= 11 is 0. The molecule has 0 aromatic rings. The first kappa shape index (κ1) is 15.3. The minimum atomic E-state index is -1.59. The highest BCUT2D eigenvalue weighted by Crippen LogP contribution is 2.24. The lowest BCUT2D eigenvalue weighted by Gasteiger charge is -2.22. The second-order valence-corrected chi connectivity index (χ2v) is 4.59. The van der Waals surface area contributed by atoms with Crippen molar-refractivity contribution in [2.24, 2.45) is 5.73 Å². The molecule has 5 heteroatoms. The van der Waals surface area contributed by atoms with Crippen LogP contribution in [0.4, 0.5) is 8.78 Å². The van der Waals surface area contributed by atoms with Gasteiger partial charge in [-0.25, -0.2) is 8.78 Å². The summed E-state index contributed by atoms with van der Waals surface area (Å²) in [6, 6.07) is -1.17. The molecule has 2 unspecified atom stereocenters. The number of hydrogen-bond acceptors (Lipinski definition) is 2. The van der Waals surface area contributed by atoms with E-state index in [1.54, 1.807) is 0 Å². The number of halogens is 2. The Morgan fingerprint density at radius 3 is 2.50 bits per heavy atom. The van der Waals surface area contributed by atoms with Gasteiger partial charge in [0.1, 0.15) is 11.7 Å². The first-order valence-corrected chi connectivity index (χ1v) is 5.56. The molecule has 0 aromatic heterocycles. The van der Waals surface area contributed by atoms with E-state index < -0.39 is 23.9 Å². The maximum Gasteiger partial charge on any atom is 0.320 e. The lowest BCUT2D eigenvalue weighted by atomic mass is 9.93. The zero-order valence-electron chi connectivity index (χ0n) is 9.88. The molecule has 0 bridgehead atoms. The minimum absolute atomic E-state index is 0.201. The molecule has 0 radical (unpaired) electrons. The van der Waals surface area contributed by atoms with Crippen molar-refractivity contribution in [3.63, 3.8) is 0 Å². The van der Waals surface area contributed by atoms with Gasteiger partial charge < -0.3 is 10.8 Å². The molecule has 0 saturated carbocycles. The third-order valence-electron chi connectivity index (χ3n) is 2.51. The third kappa shape index (κ3) is 7.56. The van der Waals surface area contributed by atoms with Crippen LogP contribution in [0.1, 0.15) is 46.0 Å². The average Bonchev–Trinajstić information content (AvgIpc) is 2.11. The molecule has 3 nitrogen and oxygen atoms in total. The average molecular weight is 237 g/mol. The van der Waals surface area contributed by atoms with Crippen molar-refractivity contribution in [3.05, 3.63) is 0 Å². The molecular formula is C11H21F2NO2. The van der Waals surface area contributed by atoms with E-state index in [0.717, 1.165) is 0 Å². The van der Waals surface area contributed by atoms with Crippen LogP contribution in [0.5, 0.6) is 0 Å². The molecule has 0 spiro atoms. The zero-order valence-corrected chi connectivity index (χ0v) is 9.88. The maximum atomic E-state index is 13.8. The Hall–Kier alpha value is -0.710. The number of nitrogens with two attached hydrogens (primary N) is 1. The SMILES string of the molecule is CC(F)CCCCC(C)(F)C[C@H](N)C(=O)O. The summed E-state index contributed by atoms with van der Waals surface area (Å²) in [5, 5.41) is 8.55. The van der Waals surface area contributed by atoms with E-state index in [2.05, 4.69) is 0 Å². The fraction of sp³-hybridized carbons (Fsp3) is 0.909. The van der Waals surface area contributed by atoms with E-state index in [9.17, 15) is 13.6 Å². The number of hydrogen-bond donors (Lipinski definition) is 2. The highest BCUT2D eigenvalue weighted by atomic mass is 19.1. The van der Waals surface area contributed by atoms with Crippen molar-refractivity contribution in [1.29, 1.82) is 0 Å². The molecule has 3 N–H and O–H groups in total. The fourth-order valence-electron chi connectivity index (χ4n) is 1.57. The van der Waals surface area contributed by atoms with Gasteiger partial charge in [-0.1, -0.05) is 12.8 Å². The third-order valence-corrected chi connectivity index (χ3v) is 2.51. The number of alkyl halides is 2. The van der Waals surface area contributed by atoms with Crippen LogP contribution >= 0.6 is 0 Å². The van der Waals surface area contributed by atoms with Crippen molar-refractivity contribution in [2.75, 3.05) is 0 Å². The molecule has 96 valence electrons. The molecule has 0 saturated heterocycles. The predicted octanol–water partition coefficient (Wildman–Crippen LogP) is 2.44. The smallest absolute Gasteiger partial charge is 0.320 e. The number of carboxylic acid groups (broad SMARTS) is 1. The molecule has 0 heterocycles. The standard InChI is InChI=1S/C11H21F2NO2/c1-8(12)5-3-4-6-11(2,13)7-9(14)10(15)16/h8-9H,3-7,14H2,1-2H3,(H,15,16)/t8?,9-,11?/m0/s1. The second kappa shape index (κ2) is 6.78. The van der Waals surface area contributed by atoms with Crippen LogP contribution in [-0.4, -0.2) is 29.0 Å². The van der Waals surface area contributed by atoms with E-state index in [0.29, 0.717) is 19.3 Å². The van der Waals surface area contributed by atoms with Crippen molar-refractivity contribution in [1.82, 2.24) is 0 Å². The van der Waals surface area contributed by atoms with E-state index in [-0.39, 0.29) is 12.8 Å². The molecule has 0 aliphatic rings. The number of unbranched alkanes of at least 4 members (excludes halogenated alkanes) is 1. The van der Waals surface area contributed by atoms with Crippen LogP contribution in [0.2, 0.25) is 0 Å². The highest BCUT2D eigenvalue weighted by molar-refractivity contribution is 5.73. The topological polar surface area (TPSA) is 63.3 Å². The Morgan fingerprint density at radius 2 is 2.06 bits per heavy atom. The van der Waals surface area contributed by atoms with Gasteiger partial charge in [-0.15, -0.1) is 0 Å². The lowest BCUT2D eigenvalue weighted by molar-refractivity contribution is -0.139. The van der Waals surface area contributed by atoms with Crippen LogP contribution in [-0.2, 0) is 4.79 Å². The quantitative estimate of drug-likeness (QED) is 0.637. The molecule has 0 aliphatic carbocycles. The molecule has 0 fully saturated rings. The summed E-state index contributed by atoms with van der Waals surface area (Å²) in [5.74, 6) is -1.19. The molecular weight excluding hydrogens is 216 g/mol. The van der Waals surface area contributed by atoms with Crippen LogP contribution in [0.25, 0.3) is 0 Å². The molecule has 0 aliphatic heterocycles. The Bertz CT molecular complexity index is 220. The first-order chi connectivity index (χ1) is 7.24. The van der Waals surface area contributed by atoms with Gasteiger partial charge in [-0.2, -0.15) is 0 Å². The lowest BCUT2D eigenvalue weighted by Crippen LogP contribution is -2.37. The monoisotopic (exact) mass is 237 g/mol. The Kier molecular flexibility index (Phi) is 6.48. The number of aliphatic carboxylic acids is 1. The highest BCUT2D eigenvalue weighted by Gasteiger charge is 2.28. The molecule has 0 amide bonds. The summed E-state index contributed by atoms with van der Waals surface area (Å²) in [6.07, 6.45) is 0.731. The van der Waals surface area contributed by atoms with E-state index >= 15 is 0 Å². The van der Waals surface area contributed by atoms with Crippen LogP contribution in [0.3, 0.4) is 0 Å². The summed E-state index contributed by atoms with van der Waals surface area (Å²) in [5.41, 5.74) is 3.67. The van der Waals surface area contributed by atoms with Gasteiger partial charge in [0.2, 0.25) is 0 Å². The summed E-state index contributed by atoms with van der Waals surface area (Å²) in [7, 11) is 0. The van der Waals surface area contributed by atoms with Crippen LogP contribution < -0.4 is 5.73 Å². The summed E-state index contributed by atoms with van der Waals surface area (Å²) in [4.78, 5) is 10.5. The zero-order chi connectivity index (χ0) is 12.8. The van der Waals surface area contributed by atoms with E-state index in [1.165, 1.54) is 13.8 Å². The van der Waals surface area contributed by atoms with Crippen LogP contribution in [0.15, 0.2) is 0 Å². The second-order valence-electron chi connectivity index (χ2n) is 4.59. The first-order valence-electron chi connectivity index (χ1n) is 5.56. The van der Waals surface area contributed by atoms with Gasteiger partial charge in [0, 0.05) is 6.42 Å². The molecule has 0 aromatic carbocycles. The van der Waals surface area contributed by atoms with E-state index in [4.69, 9.17) is 10.8 Å². The molecule has 3 atom stereocenters.